The minimum absolute atomic E-state index is 0.0486. The Labute approximate surface area is 195 Å². The van der Waals surface area contributed by atoms with E-state index in [1.807, 2.05) is 17.2 Å². The van der Waals surface area contributed by atoms with Crippen LogP contribution in [0.5, 0.6) is 0 Å². The number of carboxylic acid groups (broad SMARTS) is 1. The van der Waals surface area contributed by atoms with Crippen molar-refractivity contribution in [3.05, 3.63) is 57.5 Å². The fourth-order valence-electron chi connectivity index (χ4n) is 4.89. The largest absolute Gasteiger partial charge is 0.478 e. The van der Waals surface area contributed by atoms with Crippen molar-refractivity contribution in [2.45, 2.75) is 38.0 Å². The Bertz CT molecular complexity index is 1200. The maximum Gasteiger partial charge on any atom is 0.337 e. The molecule has 2 fully saturated rings. The lowest BCUT2D eigenvalue weighted by Gasteiger charge is -2.32. The number of thiophene rings is 1. The zero-order valence-electron chi connectivity index (χ0n) is 18.3. The van der Waals surface area contributed by atoms with Crippen LogP contribution >= 0.6 is 11.3 Å². The minimum atomic E-state index is -1.07. The molecular formula is C24H26N4O4S. The number of aromatic carboxylic acids is 1. The molecule has 0 bridgehead atoms. The molecule has 3 aromatic rings. The molecule has 0 unspecified atom stereocenters. The first-order chi connectivity index (χ1) is 16.0. The summed E-state index contributed by atoms with van der Waals surface area (Å²) in [6.45, 7) is 2.75. The molecule has 9 heteroatoms. The predicted octanol–water partition coefficient (Wildman–Crippen LogP) is 3.74. The van der Waals surface area contributed by atoms with Gasteiger partial charge in [0, 0.05) is 32.4 Å². The summed E-state index contributed by atoms with van der Waals surface area (Å²) in [5.41, 5.74) is 2.69. The first-order valence-corrected chi connectivity index (χ1v) is 12.3. The Balaban J connectivity index is 1.30. The molecule has 33 heavy (non-hydrogen) atoms. The molecule has 0 radical (unpaired) electrons. The van der Waals surface area contributed by atoms with Gasteiger partial charge in [-0.05, 0) is 67.2 Å². The van der Waals surface area contributed by atoms with Crippen LogP contribution in [0.2, 0.25) is 0 Å². The average molecular weight is 467 g/mol. The highest BCUT2D eigenvalue weighted by atomic mass is 32.1. The molecule has 2 aliphatic heterocycles. The number of piperidine rings is 2. The van der Waals surface area contributed by atoms with E-state index in [9.17, 15) is 19.5 Å². The summed E-state index contributed by atoms with van der Waals surface area (Å²) in [4.78, 5) is 41.3. The topological polar surface area (TPSA) is 95.2 Å². The lowest BCUT2D eigenvalue weighted by Crippen LogP contribution is -2.38. The van der Waals surface area contributed by atoms with Gasteiger partial charge in [-0.3, -0.25) is 9.59 Å². The molecular weight excluding hydrogens is 440 g/mol. The molecule has 2 aliphatic rings. The number of carbonyl (C=O) groups is 3. The van der Waals surface area contributed by atoms with Gasteiger partial charge in [-0.25, -0.2) is 9.31 Å². The molecule has 5 rings (SSSR count). The Kier molecular flexibility index (Phi) is 5.88. The maximum absolute atomic E-state index is 13.1. The van der Waals surface area contributed by atoms with Crippen molar-refractivity contribution in [1.82, 2.24) is 19.4 Å². The molecule has 0 aliphatic carbocycles. The van der Waals surface area contributed by atoms with Crippen molar-refractivity contribution in [1.29, 1.82) is 0 Å². The lowest BCUT2D eigenvalue weighted by atomic mass is 9.89. The third kappa shape index (κ3) is 4.13. The van der Waals surface area contributed by atoms with E-state index in [4.69, 9.17) is 0 Å². The summed E-state index contributed by atoms with van der Waals surface area (Å²) in [5.74, 6) is -0.957. The summed E-state index contributed by atoms with van der Waals surface area (Å²) < 4.78 is 1.75. The maximum atomic E-state index is 13.1. The number of carbonyl (C=O) groups excluding carboxylic acids is 2. The minimum Gasteiger partial charge on any atom is -0.478 e. The van der Waals surface area contributed by atoms with Crippen LogP contribution in [-0.2, 0) is 0 Å². The molecule has 0 atom stereocenters. The highest BCUT2D eigenvalue weighted by Crippen LogP contribution is 2.31. The van der Waals surface area contributed by atoms with Gasteiger partial charge < -0.3 is 14.9 Å². The molecule has 3 aromatic heterocycles. The summed E-state index contributed by atoms with van der Waals surface area (Å²) in [7, 11) is 0. The first-order valence-electron chi connectivity index (χ1n) is 11.4. The molecule has 2 saturated heterocycles. The number of aromatic nitrogens is 2. The fourth-order valence-corrected chi connectivity index (χ4v) is 5.74. The zero-order chi connectivity index (χ0) is 22.9. The molecule has 2 amide bonds. The predicted molar refractivity (Wildman–Crippen MR) is 124 cm³/mol. The average Bonchev–Trinajstić information content (AvgIpc) is 3.51. The number of pyridine rings is 1. The van der Waals surface area contributed by atoms with E-state index in [2.05, 4.69) is 11.2 Å². The van der Waals surface area contributed by atoms with Gasteiger partial charge in [0.2, 0.25) is 0 Å². The molecule has 1 N–H and O–H groups in total. The van der Waals surface area contributed by atoms with Crippen molar-refractivity contribution < 1.29 is 19.5 Å². The second kappa shape index (κ2) is 8.97. The van der Waals surface area contributed by atoms with Crippen LogP contribution in [0.1, 0.15) is 74.0 Å². The molecule has 8 nitrogen and oxygen atoms in total. The summed E-state index contributed by atoms with van der Waals surface area (Å²) >= 11 is 1.18. The Hall–Kier alpha value is -3.20. The summed E-state index contributed by atoms with van der Waals surface area (Å²) in [5, 5.41) is 15.3. The van der Waals surface area contributed by atoms with Crippen LogP contribution in [0, 0.1) is 0 Å². The molecule has 0 saturated carbocycles. The van der Waals surface area contributed by atoms with Crippen LogP contribution in [0.3, 0.4) is 0 Å². The number of fused-ring (bicyclic) bond motifs is 1. The van der Waals surface area contributed by atoms with E-state index in [-0.39, 0.29) is 23.3 Å². The van der Waals surface area contributed by atoms with Gasteiger partial charge in [0.15, 0.2) is 0 Å². The highest BCUT2D eigenvalue weighted by Gasteiger charge is 2.29. The van der Waals surface area contributed by atoms with Crippen molar-refractivity contribution in [2.75, 3.05) is 26.2 Å². The van der Waals surface area contributed by atoms with Gasteiger partial charge in [0.1, 0.15) is 4.88 Å². The quantitative estimate of drug-likeness (QED) is 0.632. The highest BCUT2D eigenvalue weighted by molar-refractivity contribution is 7.12. The van der Waals surface area contributed by atoms with Gasteiger partial charge in [-0.15, -0.1) is 11.3 Å². The first kappa shape index (κ1) is 21.6. The van der Waals surface area contributed by atoms with E-state index in [1.54, 1.807) is 21.0 Å². The second-order valence-electron chi connectivity index (χ2n) is 8.74. The third-order valence-electron chi connectivity index (χ3n) is 6.76. The normalized spacial score (nSPS) is 17.5. The van der Waals surface area contributed by atoms with Crippen molar-refractivity contribution in [2.24, 2.45) is 0 Å². The third-order valence-corrected chi connectivity index (χ3v) is 7.67. The zero-order valence-corrected chi connectivity index (χ0v) is 19.1. The van der Waals surface area contributed by atoms with Crippen molar-refractivity contribution >= 4 is 34.6 Å². The van der Waals surface area contributed by atoms with E-state index >= 15 is 0 Å². The van der Waals surface area contributed by atoms with E-state index < -0.39 is 5.97 Å². The number of likely N-dealkylation sites (tertiary alicyclic amines) is 2. The Morgan fingerprint density at radius 3 is 2.39 bits per heavy atom. The van der Waals surface area contributed by atoms with E-state index in [0.29, 0.717) is 23.5 Å². The Morgan fingerprint density at radius 1 is 0.939 bits per heavy atom. The molecule has 0 aromatic carbocycles. The van der Waals surface area contributed by atoms with Gasteiger partial charge >= 0.3 is 5.97 Å². The van der Waals surface area contributed by atoms with Crippen molar-refractivity contribution in [3.63, 3.8) is 0 Å². The molecule has 172 valence electrons. The van der Waals surface area contributed by atoms with Crippen LogP contribution in [0.25, 0.3) is 5.52 Å². The number of carboxylic acids is 1. The van der Waals surface area contributed by atoms with Crippen LogP contribution in [-0.4, -0.2) is 68.5 Å². The number of hydrogen-bond donors (Lipinski definition) is 1. The fraction of sp³-hybridized carbons (Fsp3) is 0.417. The SMILES string of the molecule is O=C(O)c1ccsc1C(=O)N1CCC(c2ccn3ncc(C(=O)N4CCCCC4)c3c2)CC1. The second-order valence-corrected chi connectivity index (χ2v) is 9.65. The van der Waals surface area contributed by atoms with Gasteiger partial charge in [-0.2, -0.15) is 5.10 Å². The molecule has 5 heterocycles. The van der Waals surface area contributed by atoms with E-state index in [0.717, 1.165) is 49.9 Å². The number of nitrogens with zero attached hydrogens (tertiary/aromatic N) is 4. The monoisotopic (exact) mass is 466 g/mol. The lowest BCUT2D eigenvalue weighted by molar-refractivity contribution is 0.0666. The molecule has 0 spiro atoms. The Morgan fingerprint density at radius 2 is 1.67 bits per heavy atom. The smallest absolute Gasteiger partial charge is 0.337 e. The number of hydrogen-bond acceptors (Lipinski definition) is 5. The summed E-state index contributed by atoms with van der Waals surface area (Å²) in [6.07, 6.45) is 8.42. The van der Waals surface area contributed by atoms with Gasteiger partial charge in [0.05, 0.1) is 22.8 Å². The van der Waals surface area contributed by atoms with Crippen molar-refractivity contribution in [3.8, 4) is 0 Å². The van der Waals surface area contributed by atoms with Crippen LogP contribution in [0.4, 0.5) is 0 Å². The van der Waals surface area contributed by atoms with Crippen LogP contribution in [0.15, 0.2) is 36.0 Å². The van der Waals surface area contributed by atoms with Gasteiger partial charge in [-0.1, -0.05) is 0 Å². The number of rotatable bonds is 4. The summed E-state index contributed by atoms with van der Waals surface area (Å²) in [6, 6.07) is 5.59. The number of amides is 2. The van der Waals surface area contributed by atoms with Gasteiger partial charge in [0.25, 0.3) is 11.8 Å². The van der Waals surface area contributed by atoms with E-state index in [1.165, 1.54) is 23.8 Å². The van der Waals surface area contributed by atoms with Crippen LogP contribution < -0.4 is 0 Å². The standard InChI is InChI=1S/C24H26N4O4S/c29-22(26-8-2-1-3-9-26)19-15-25-28-12-6-17(14-20(19)28)16-4-10-27(11-5-16)23(30)21-18(24(31)32)7-13-33-21/h6-7,12-16H,1-5,8-11H2,(H,31,32).